The van der Waals surface area contributed by atoms with Crippen LogP contribution in [0, 0.1) is 6.92 Å². The molecule has 100 valence electrons. The third kappa shape index (κ3) is 4.27. The van der Waals surface area contributed by atoms with Crippen LogP contribution in [0.25, 0.3) is 5.70 Å². The number of hydrogen-bond donors (Lipinski definition) is 1. The highest BCUT2D eigenvalue weighted by atomic mass is 31.0. The summed E-state index contributed by atoms with van der Waals surface area (Å²) >= 11 is 0. The molecule has 0 bridgehead atoms. The van der Waals surface area contributed by atoms with E-state index in [1.807, 2.05) is 38.0 Å². The van der Waals surface area contributed by atoms with Crippen molar-refractivity contribution < 1.29 is 0 Å². The van der Waals surface area contributed by atoms with Crippen molar-refractivity contribution in [2.24, 2.45) is 10.7 Å². The van der Waals surface area contributed by atoms with Gasteiger partial charge in [0, 0.05) is 18.3 Å². The second-order valence-electron chi connectivity index (χ2n) is 4.22. The molecule has 0 aliphatic rings. The van der Waals surface area contributed by atoms with E-state index in [-0.39, 0.29) is 0 Å². The average Bonchev–Trinajstić information content (AvgIpc) is 2.44. The van der Waals surface area contributed by atoms with Crippen LogP contribution < -0.4 is 5.73 Å². The van der Waals surface area contributed by atoms with Gasteiger partial charge in [-0.25, -0.2) is 0 Å². The zero-order valence-electron chi connectivity index (χ0n) is 11.8. The van der Waals surface area contributed by atoms with Crippen LogP contribution in [0.2, 0.25) is 0 Å². The number of aryl methyl sites for hydroxylation is 1. The summed E-state index contributed by atoms with van der Waals surface area (Å²) in [6.45, 7) is 6.56. The van der Waals surface area contributed by atoms with E-state index < -0.39 is 0 Å². The highest BCUT2D eigenvalue weighted by Crippen LogP contribution is 2.21. The summed E-state index contributed by atoms with van der Waals surface area (Å²) in [7, 11) is 3.40. The molecule has 0 aromatic heterocycles. The lowest BCUT2D eigenvalue weighted by Gasteiger charge is -2.07. The largest absolute Gasteiger partial charge is 0.326 e. The van der Waals surface area contributed by atoms with Crippen molar-refractivity contribution in [3.63, 3.8) is 0 Å². The Kier molecular flexibility index (Phi) is 6.41. The molecular formula is C16H21N2P. The van der Waals surface area contributed by atoms with Gasteiger partial charge in [0.05, 0.1) is 5.70 Å². The summed E-state index contributed by atoms with van der Waals surface area (Å²) in [5, 5.41) is 0. The van der Waals surface area contributed by atoms with Crippen LogP contribution in [-0.2, 0) is 0 Å². The first-order valence-corrected chi connectivity index (χ1v) is 6.91. The normalized spacial score (nSPS) is 13.1. The highest BCUT2D eigenvalue weighted by molar-refractivity contribution is 7.19. The molecule has 0 heterocycles. The number of hydrogen-bond acceptors (Lipinski definition) is 2. The molecule has 0 unspecified atom stereocenters. The lowest BCUT2D eigenvalue weighted by molar-refractivity contribution is 1.21. The summed E-state index contributed by atoms with van der Waals surface area (Å²) in [4.78, 5) is 4.54. The number of aliphatic imine (C=N–C) groups is 1. The van der Waals surface area contributed by atoms with Crippen molar-refractivity contribution in [2.45, 2.75) is 20.8 Å². The molecule has 2 N–H and O–H groups in total. The number of allylic oxidation sites excluding steroid dienone is 2. The van der Waals surface area contributed by atoms with Gasteiger partial charge in [0.1, 0.15) is 0 Å². The molecular weight excluding hydrogens is 251 g/mol. The number of nitrogens with zero attached hydrogens (tertiary/aromatic N) is 1. The third-order valence-electron chi connectivity index (χ3n) is 2.94. The second-order valence-corrected chi connectivity index (χ2v) is 4.51. The van der Waals surface area contributed by atoms with E-state index in [1.165, 1.54) is 5.56 Å². The molecule has 0 aliphatic heterocycles. The Morgan fingerprint density at radius 3 is 2.53 bits per heavy atom. The average molecular weight is 272 g/mol. The van der Waals surface area contributed by atoms with Gasteiger partial charge < -0.3 is 5.73 Å². The molecule has 0 saturated carbocycles. The Morgan fingerprint density at radius 2 is 2.05 bits per heavy atom. The molecule has 0 fully saturated rings. The van der Waals surface area contributed by atoms with Crippen molar-refractivity contribution in [2.75, 3.05) is 6.54 Å². The maximum Gasteiger partial charge on any atom is 0.0662 e. The van der Waals surface area contributed by atoms with Gasteiger partial charge >= 0.3 is 0 Å². The van der Waals surface area contributed by atoms with Gasteiger partial charge in [-0.15, -0.1) is 8.86 Å². The molecule has 1 rings (SSSR count). The third-order valence-corrected chi connectivity index (χ3v) is 3.28. The Morgan fingerprint density at radius 1 is 1.32 bits per heavy atom. The van der Waals surface area contributed by atoms with Crippen molar-refractivity contribution >= 4 is 26.6 Å². The van der Waals surface area contributed by atoms with Crippen molar-refractivity contribution in [3.8, 4) is 0 Å². The van der Waals surface area contributed by atoms with Gasteiger partial charge in [-0.3, -0.25) is 4.99 Å². The fraction of sp³-hybridized carbons (Fsp3) is 0.250. The lowest BCUT2D eigenvalue weighted by atomic mass is 10.0. The van der Waals surface area contributed by atoms with Gasteiger partial charge in [-0.05, 0) is 43.3 Å². The molecule has 1 aromatic rings. The van der Waals surface area contributed by atoms with Gasteiger partial charge in [0.2, 0.25) is 0 Å². The van der Waals surface area contributed by atoms with E-state index in [9.17, 15) is 0 Å². The molecule has 0 amide bonds. The maximum atomic E-state index is 5.63. The van der Waals surface area contributed by atoms with Crippen LogP contribution in [0.4, 0.5) is 0 Å². The minimum Gasteiger partial charge on any atom is -0.326 e. The molecule has 0 spiro atoms. The van der Waals surface area contributed by atoms with Crippen LogP contribution in [0.1, 0.15) is 30.5 Å². The minimum absolute atomic E-state index is 0.507. The van der Waals surface area contributed by atoms with Gasteiger partial charge in [0.25, 0.3) is 0 Å². The molecule has 1 aromatic carbocycles. The predicted molar refractivity (Wildman–Crippen MR) is 89.6 cm³/mol. The fourth-order valence-electron chi connectivity index (χ4n) is 1.76. The van der Waals surface area contributed by atoms with Crippen molar-refractivity contribution in [3.05, 3.63) is 52.6 Å². The molecule has 0 saturated heterocycles. The van der Waals surface area contributed by atoms with E-state index in [4.69, 9.17) is 5.73 Å². The van der Waals surface area contributed by atoms with Crippen LogP contribution in [0.5, 0.6) is 0 Å². The molecule has 2 nitrogen and oxygen atoms in total. The van der Waals surface area contributed by atoms with Crippen LogP contribution >= 0.6 is 8.86 Å². The fourth-order valence-corrected chi connectivity index (χ4v) is 1.94. The summed E-state index contributed by atoms with van der Waals surface area (Å²) < 4.78 is 0. The van der Waals surface area contributed by atoms with Crippen molar-refractivity contribution in [1.82, 2.24) is 0 Å². The summed E-state index contributed by atoms with van der Waals surface area (Å²) in [6, 6.07) is 6.28. The number of benzene rings is 1. The van der Waals surface area contributed by atoms with Crippen LogP contribution in [-0.4, -0.2) is 18.6 Å². The second kappa shape index (κ2) is 7.83. The molecule has 3 heteroatoms. The lowest BCUT2D eigenvalue weighted by Crippen LogP contribution is -2.03. The zero-order valence-corrected chi connectivity index (χ0v) is 12.8. The first-order valence-electron chi connectivity index (χ1n) is 6.33. The topological polar surface area (TPSA) is 38.4 Å². The Labute approximate surface area is 118 Å². The SMILES string of the molecule is C\C=C(/C=N\C(=C/C)c1ccc(C=P)cc1C)CN. The van der Waals surface area contributed by atoms with Crippen LogP contribution in [0.15, 0.2) is 40.9 Å². The van der Waals surface area contributed by atoms with Gasteiger partial charge in [-0.2, -0.15) is 0 Å². The van der Waals surface area contributed by atoms with E-state index in [0.717, 1.165) is 22.4 Å². The number of rotatable bonds is 5. The highest BCUT2D eigenvalue weighted by Gasteiger charge is 2.03. The number of nitrogens with two attached hydrogens (primary N) is 1. The van der Waals surface area contributed by atoms with Crippen molar-refractivity contribution in [1.29, 1.82) is 0 Å². The Hall–Kier alpha value is -1.50. The predicted octanol–water partition coefficient (Wildman–Crippen LogP) is 3.62. The summed E-state index contributed by atoms with van der Waals surface area (Å²) in [5.41, 5.74) is 11.1. The molecule has 0 radical (unpaired) electrons. The van der Waals surface area contributed by atoms with Crippen LogP contribution in [0.3, 0.4) is 0 Å². The standard InChI is InChI=1S/C16H21N2P/c1-4-13(9-17)10-18-16(5-2)15-7-6-14(11-19)8-12(15)3/h4-8,10-11,19H,9,17H2,1-3H3/b13-4-,16-5-,18-10-. The van der Waals surface area contributed by atoms with Gasteiger partial charge in [-0.1, -0.05) is 30.4 Å². The quantitative estimate of drug-likeness (QED) is 0.645. The summed E-state index contributed by atoms with van der Waals surface area (Å²) in [6.07, 6.45) is 5.82. The molecule has 0 aliphatic carbocycles. The first-order chi connectivity index (χ1) is 9.15. The van der Waals surface area contributed by atoms with E-state index in [0.29, 0.717) is 6.54 Å². The van der Waals surface area contributed by atoms with Gasteiger partial charge in [0.15, 0.2) is 0 Å². The molecule has 19 heavy (non-hydrogen) atoms. The van der Waals surface area contributed by atoms with E-state index in [2.05, 4.69) is 39.0 Å². The smallest absolute Gasteiger partial charge is 0.0662 e. The Bertz CT molecular complexity index is 540. The van der Waals surface area contributed by atoms with E-state index in [1.54, 1.807) is 0 Å². The summed E-state index contributed by atoms with van der Waals surface area (Å²) in [5.74, 6) is 1.90. The maximum absolute atomic E-state index is 5.63. The zero-order chi connectivity index (χ0) is 14.3. The monoisotopic (exact) mass is 272 g/mol. The molecule has 0 atom stereocenters. The first kappa shape index (κ1) is 15.6. The van der Waals surface area contributed by atoms with E-state index >= 15 is 0 Å². The Balaban J connectivity index is 3.09. The minimum atomic E-state index is 0.507.